The lowest BCUT2D eigenvalue weighted by atomic mass is 10.1. The maximum atomic E-state index is 8.77. The van der Waals surface area contributed by atoms with Crippen LogP contribution in [0.15, 0.2) is 48.5 Å². The largest absolute Gasteiger partial charge is 0.489 e. The lowest BCUT2D eigenvalue weighted by Gasteiger charge is -2.10. The zero-order valence-electron chi connectivity index (χ0n) is 12.5. The third-order valence-electron chi connectivity index (χ3n) is 3.10. The fraction of sp³-hybridized carbons (Fsp3) is 0.278. The van der Waals surface area contributed by atoms with Crippen LogP contribution >= 0.6 is 0 Å². The van der Waals surface area contributed by atoms with Crippen LogP contribution in [-0.2, 0) is 13.2 Å². The van der Waals surface area contributed by atoms with E-state index in [0.29, 0.717) is 18.2 Å². The molecular weight excluding hydrogens is 260 g/mol. The van der Waals surface area contributed by atoms with Crippen LogP contribution < -0.4 is 10.1 Å². The van der Waals surface area contributed by atoms with Gasteiger partial charge >= 0.3 is 0 Å². The highest BCUT2D eigenvalue weighted by Gasteiger charge is 2.00. The second-order valence-electron chi connectivity index (χ2n) is 5.28. The second kappa shape index (κ2) is 7.47. The molecule has 21 heavy (non-hydrogen) atoms. The number of benzene rings is 2. The first kappa shape index (κ1) is 15.1. The van der Waals surface area contributed by atoms with E-state index in [4.69, 9.17) is 10.00 Å². The minimum Gasteiger partial charge on any atom is -0.489 e. The van der Waals surface area contributed by atoms with Gasteiger partial charge in [0, 0.05) is 12.6 Å². The van der Waals surface area contributed by atoms with Crippen molar-refractivity contribution in [1.29, 1.82) is 5.26 Å². The average molecular weight is 280 g/mol. The molecule has 0 unspecified atom stereocenters. The van der Waals surface area contributed by atoms with Crippen molar-refractivity contribution in [2.45, 2.75) is 33.0 Å². The van der Waals surface area contributed by atoms with Crippen LogP contribution in [0.25, 0.3) is 0 Å². The standard InChI is InChI=1S/C18H20N2O/c1-14(2)20-12-17-4-3-5-18(10-17)21-13-16-8-6-15(11-19)7-9-16/h3-10,14,20H,12-13H2,1-2H3. The Morgan fingerprint density at radius 2 is 1.86 bits per heavy atom. The number of nitrogens with one attached hydrogen (secondary N) is 1. The molecule has 0 aliphatic heterocycles. The quantitative estimate of drug-likeness (QED) is 0.878. The fourth-order valence-electron chi connectivity index (χ4n) is 1.91. The monoisotopic (exact) mass is 280 g/mol. The summed E-state index contributed by atoms with van der Waals surface area (Å²) in [5.41, 5.74) is 2.93. The molecular formula is C18H20N2O. The Morgan fingerprint density at radius 3 is 2.52 bits per heavy atom. The molecule has 0 radical (unpaired) electrons. The molecule has 0 atom stereocenters. The predicted molar refractivity (Wildman–Crippen MR) is 83.9 cm³/mol. The topological polar surface area (TPSA) is 45.0 Å². The van der Waals surface area contributed by atoms with E-state index >= 15 is 0 Å². The summed E-state index contributed by atoms with van der Waals surface area (Å²) < 4.78 is 5.80. The molecule has 2 rings (SSSR count). The minimum atomic E-state index is 0.466. The summed E-state index contributed by atoms with van der Waals surface area (Å²) in [5, 5.41) is 12.2. The Balaban J connectivity index is 1.93. The van der Waals surface area contributed by atoms with E-state index in [2.05, 4.69) is 37.4 Å². The van der Waals surface area contributed by atoms with Gasteiger partial charge < -0.3 is 10.1 Å². The first-order valence-corrected chi connectivity index (χ1v) is 7.11. The number of hydrogen-bond donors (Lipinski definition) is 1. The molecule has 0 fully saturated rings. The highest BCUT2D eigenvalue weighted by Crippen LogP contribution is 2.15. The fourth-order valence-corrected chi connectivity index (χ4v) is 1.91. The van der Waals surface area contributed by atoms with Crippen molar-refractivity contribution in [3.8, 4) is 11.8 Å². The van der Waals surface area contributed by atoms with E-state index < -0.39 is 0 Å². The van der Waals surface area contributed by atoms with Gasteiger partial charge in [0.25, 0.3) is 0 Å². The zero-order valence-corrected chi connectivity index (χ0v) is 12.5. The number of rotatable bonds is 6. The maximum Gasteiger partial charge on any atom is 0.120 e. The van der Waals surface area contributed by atoms with Gasteiger partial charge in [-0.05, 0) is 35.4 Å². The third-order valence-corrected chi connectivity index (χ3v) is 3.10. The summed E-state index contributed by atoms with van der Waals surface area (Å²) in [6.07, 6.45) is 0. The van der Waals surface area contributed by atoms with Crippen molar-refractivity contribution >= 4 is 0 Å². The molecule has 0 heterocycles. The molecule has 0 aromatic heterocycles. The average Bonchev–Trinajstić information content (AvgIpc) is 2.52. The van der Waals surface area contributed by atoms with Crippen LogP contribution in [0.2, 0.25) is 0 Å². The first-order chi connectivity index (χ1) is 10.2. The molecule has 0 amide bonds. The molecule has 0 spiro atoms. The van der Waals surface area contributed by atoms with E-state index in [0.717, 1.165) is 17.9 Å². The summed E-state index contributed by atoms with van der Waals surface area (Å²) in [7, 11) is 0. The summed E-state index contributed by atoms with van der Waals surface area (Å²) in [4.78, 5) is 0. The van der Waals surface area contributed by atoms with E-state index in [-0.39, 0.29) is 0 Å². The minimum absolute atomic E-state index is 0.466. The lowest BCUT2D eigenvalue weighted by Crippen LogP contribution is -2.21. The van der Waals surface area contributed by atoms with Gasteiger partial charge in [-0.1, -0.05) is 38.1 Å². The molecule has 0 aliphatic carbocycles. The Kier molecular flexibility index (Phi) is 5.36. The zero-order chi connectivity index (χ0) is 15.1. The first-order valence-electron chi connectivity index (χ1n) is 7.11. The van der Waals surface area contributed by atoms with E-state index in [1.165, 1.54) is 5.56 Å². The van der Waals surface area contributed by atoms with E-state index in [1.807, 2.05) is 36.4 Å². The van der Waals surface area contributed by atoms with Crippen LogP contribution in [0, 0.1) is 11.3 Å². The van der Waals surface area contributed by atoms with Crippen molar-refractivity contribution in [3.05, 3.63) is 65.2 Å². The van der Waals surface area contributed by atoms with Gasteiger partial charge in [0.2, 0.25) is 0 Å². The highest BCUT2D eigenvalue weighted by atomic mass is 16.5. The Hall–Kier alpha value is -2.31. The molecule has 108 valence electrons. The molecule has 0 bridgehead atoms. The summed E-state index contributed by atoms with van der Waals surface area (Å²) in [5.74, 6) is 0.863. The number of hydrogen-bond acceptors (Lipinski definition) is 3. The maximum absolute atomic E-state index is 8.77. The van der Waals surface area contributed by atoms with Gasteiger partial charge in [0.15, 0.2) is 0 Å². The molecule has 2 aromatic rings. The molecule has 1 N–H and O–H groups in total. The van der Waals surface area contributed by atoms with Gasteiger partial charge in [-0.15, -0.1) is 0 Å². The lowest BCUT2D eigenvalue weighted by molar-refractivity contribution is 0.306. The van der Waals surface area contributed by atoms with Gasteiger partial charge in [-0.3, -0.25) is 0 Å². The number of nitrogens with zero attached hydrogens (tertiary/aromatic N) is 1. The molecule has 0 saturated carbocycles. The van der Waals surface area contributed by atoms with Crippen molar-refractivity contribution in [2.75, 3.05) is 0 Å². The van der Waals surface area contributed by atoms with Gasteiger partial charge in [0.1, 0.15) is 12.4 Å². The SMILES string of the molecule is CC(C)NCc1cccc(OCc2ccc(C#N)cc2)c1. The summed E-state index contributed by atoms with van der Waals surface area (Å²) in [6, 6.07) is 18.1. The van der Waals surface area contributed by atoms with Gasteiger partial charge in [-0.2, -0.15) is 5.26 Å². The highest BCUT2D eigenvalue weighted by molar-refractivity contribution is 5.32. The Bertz CT molecular complexity index is 612. The molecule has 2 aromatic carbocycles. The van der Waals surface area contributed by atoms with Crippen LogP contribution in [0.5, 0.6) is 5.75 Å². The third kappa shape index (κ3) is 4.94. The van der Waals surface area contributed by atoms with Crippen LogP contribution in [0.4, 0.5) is 0 Å². The summed E-state index contributed by atoms with van der Waals surface area (Å²) >= 11 is 0. The molecule has 0 saturated heterocycles. The molecule has 0 aliphatic rings. The molecule has 3 nitrogen and oxygen atoms in total. The van der Waals surface area contributed by atoms with Crippen LogP contribution in [-0.4, -0.2) is 6.04 Å². The van der Waals surface area contributed by atoms with E-state index in [1.54, 1.807) is 0 Å². The molecule has 3 heteroatoms. The van der Waals surface area contributed by atoms with Crippen LogP contribution in [0.1, 0.15) is 30.5 Å². The number of nitriles is 1. The normalized spacial score (nSPS) is 10.4. The Labute approximate surface area is 126 Å². The van der Waals surface area contributed by atoms with Crippen molar-refractivity contribution in [3.63, 3.8) is 0 Å². The van der Waals surface area contributed by atoms with Crippen molar-refractivity contribution < 1.29 is 4.74 Å². The second-order valence-corrected chi connectivity index (χ2v) is 5.28. The number of ether oxygens (including phenoxy) is 1. The Morgan fingerprint density at radius 1 is 1.10 bits per heavy atom. The predicted octanol–water partition coefficient (Wildman–Crippen LogP) is 3.64. The van der Waals surface area contributed by atoms with Gasteiger partial charge in [0.05, 0.1) is 11.6 Å². The van der Waals surface area contributed by atoms with Gasteiger partial charge in [-0.25, -0.2) is 0 Å². The smallest absolute Gasteiger partial charge is 0.120 e. The van der Waals surface area contributed by atoms with Crippen molar-refractivity contribution in [2.24, 2.45) is 0 Å². The van der Waals surface area contributed by atoms with Crippen molar-refractivity contribution in [1.82, 2.24) is 5.32 Å². The van der Waals surface area contributed by atoms with E-state index in [9.17, 15) is 0 Å². The summed E-state index contributed by atoms with van der Waals surface area (Å²) in [6.45, 7) is 5.61. The van der Waals surface area contributed by atoms with Crippen LogP contribution in [0.3, 0.4) is 0 Å².